The summed E-state index contributed by atoms with van der Waals surface area (Å²) in [5.74, 6) is -2.35. The van der Waals surface area contributed by atoms with Crippen LogP contribution in [0.3, 0.4) is 0 Å². The van der Waals surface area contributed by atoms with E-state index in [1.807, 2.05) is 6.92 Å². The minimum absolute atomic E-state index is 0.158. The predicted octanol–water partition coefficient (Wildman–Crippen LogP) is 2.08. The van der Waals surface area contributed by atoms with Gasteiger partial charge >= 0.3 is 5.97 Å². The summed E-state index contributed by atoms with van der Waals surface area (Å²) in [5.41, 5.74) is 0.455. The SMILES string of the molecule is CCOc1ccccc1NC(=O)COC(=O)C[C@@H]1C(=O)C[C@@H](C)[C@@H]1C[N+](=O)[O-]. The number of carbonyl (C=O) groups is 3. The summed E-state index contributed by atoms with van der Waals surface area (Å²) >= 11 is 0. The Morgan fingerprint density at radius 3 is 2.71 bits per heavy atom. The molecule has 9 heteroatoms. The lowest BCUT2D eigenvalue weighted by Crippen LogP contribution is -2.28. The van der Waals surface area contributed by atoms with E-state index in [9.17, 15) is 24.5 Å². The lowest BCUT2D eigenvalue weighted by atomic mass is 9.88. The molecule has 1 aromatic carbocycles. The molecule has 1 N–H and O–H groups in total. The second-order valence-electron chi connectivity index (χ2n) is 6.78. The highest BCUT2D eigenvalue weighted by atomic mass is 16.6. The lowest BCUT2D eigenvalue weighted by molar-refractivity contribution is -0.490. The van der Waals surface area contributed by atoms with Gasteiger partial charge in [-0.1, -0.05) is 19.1 Å². The molecule has 0 saturated heterocycles. The van der Waals surface area contributed by atoms with E-state index < -0.39 is 35.2 Å². The predicted molar refractivity (Wildman–Crippen MR) is 99.4 cm³/mol. The Balaban J connectivity index is 1.87. The maximum atomic E-state index is 12.1. The van der Waals surface area contributed by atoms with Crippen LogP contribution >= 0.6 is 0 Å². The first kappa shape index (κ1) is 21.3. The van der Waals surface area contributed by atoms with Gasteiger partial charge in [0.25, 0.3) is 5.91 Å². The summed E-state index contributed by atoms with van der Waals surface area (Å²) in [6.45, 7) is 3.13. The summed E-state index contributed by atoms with van der Waals surface area (Å²) in [6.07, 6.45) is -0.0460. The van der Waals surface area contributed by atoms with E-state index in [0.717, 1.165) is 0 Å². The number of ether oxygens (including phenoxy) is 2. The standard InChI is InChI=1S/C19H24N2O7/c1-3-27-17-7-5-4-6-15(17)20-18(23)11-28-19(24)9-13-14(10-21(25)26)12(2)8-16(13)22/h4-7,12-14H,3,8-11H2,1-2H3,(H,20,23)/t12-,13+,14+/m1/s1. The summed E-state index contributed by atoms with van der Waals surface area (Å²) in [7, 11) is 0. The molecule has 152 valence electrons. The Bertz CT molecular complexity index is 750. The number of hydrogen-bond donors (Lipinski definition) is 1. The third kappa shape index (κ3) is 5.77. The molecule has 0 spiro atoms. The lowest BCUT2D eigenvalue weighted by Gasteiger charge is -2.17. The van der Waals surface area contributed by atoms with Crippen LogP contribution < -0.4 is 10.1 Å². The van der Waals surface area contributed by atoms with Crippen LogP contribution in [0.25, 0.3) is 0 Å². The first-order valence-corrected chi connectivity index (χ1v) is 9.13. The maximum Gasteiger partial charge on any atom is 0.307 e. The van der Waals surface area contributed by atoms with Crippen molar-refractivity contribution in [2.24, 2.45) is 17.8 Å². The average molecular weight is 392 g/mol. The highest BCUT2D eigenvalue weighted by molar-refractivity contribution is 5.94. The first-order chi connectivity index (χ1) is 13.3. The topological polar surface area (TPSA) is 125 Å². The fourth-order valence-electron chi connectivity index (χ4n) is 3.42. The number of amides is 1. The molecule has 28 heavy (non-hydrogen) atoms. The Labute approximate surface area is 162 Å². The molecule has 1 amide bonds. The highest BCUT2D eigenvalue weighted by Crippen LogP contribution is 2.36. The Kier molecular flexibility index (Phi) is 7.48. The second-order valence-corrected chi connectivity index (χ2v) is 6.78. The van der Waals surface area contributed by atoms with Crippen LogP contribution in [-0.4, -0.2) is 42.3 Å². The van der Waals surface area contributed by atoms with Crippen molar-refractivity contribution in [1.82, 2.24) is 0 Å². The van der Waals surface area contributed by atoms with Crippen molar-refractivity contribution in [2.45, 2.75) is 26.7 Å². The van der Waals surface area contributed by atoms with Gasteiger partial charge in [-0.25, -0.2) is 0 Å². The Morgan fingerprint density at radius 2 is 2.04 bits per heavy atom. The number of rotatable bonds is 9. The molecule has 0 aromatic heterocycles. The van der Waals surface area contributed by atoms with Crippen LogP contribution in [0.4, 0.5) is 5.69 Å². The third-order valence-electron chi connectivity index (χ3n) is 4.76. The van der Waals surface area contributed by atoms with Gasteiger partial charge in [-0.2, -0.15) is 0 Å². The number of benzene rings is 1. The van der Waals surface area contributed by atoms with Crippen molar-refractivity contribution in [3.63, 3.8) is 0 Å². The zero-order valence-electron chi connectivity index (χ0n) is 15.9. The third-order valence-corrected chi connectivity index (χ3v) is 4.76. The van der Waals surface area contributed by atoms with Crippen LogP contribution in [0.5, 0.6) is 5.75 Å². The number of para-hydroxylation sites is 2. The molecule has 3 atom stereocenters. The largest absolute Gasteiger partial charge is 0.492 e. The fourth-order valence-corrected chi connectivity index (χ4v) is 3.42. The van der Waals surface area contributed by atoms with Crippen molar-refractivity contribution in [3.05, 3.63) is 34.4 Å². The van der Waals surface area contributed by atoms with E-state index in [4.69, 9.17) is 9.47 Å². The normalized spacial score (nSPS) is 21.2. The molecule has 0 bridgehead atoms. The number of esters is 1. The van der Waals surface area contributed by atoms with Crippen molar-refractivity contribution in [1.29, 1.82) is 0 Å². The van der Waals surface area contributed by atoms with Gasteiger partial charge in [-0.3, -0.25) is 24.5 Å². The maximum absolute atomic E-state index is 12.1. The molecule has 9 nitrogen and oxygen atoms in total. The van der Waals surface area contributed by atoms with Crippen molar-refractivity contribution in [2.75, 3.05) is 25.1 Å². The molecule has 0 unspecified atom stereocenters. The molecule has 1 saturated carbocycles. The van der Waals surface area contributed by atoms with Crippen LogP contribution in [0.15, 0.2) is 24.3 Å². The minimum Gasteiger partial charge on any atom is -0.492 e. The number of ketones is 1. The molecule has 1 aliphatic rings. The van der Waals surface area contributed by atoms with Crippen LogP contribution in [0, 0.1) is 27.9 Å². The van der Waals surface area contributed by atoms with E-state index in [1.165, 1.54) is 0 Å². The first-order valence-electron chi connectivity index (χ1n) is 9.13. The number of nitro groups is 1. The van der Waals surface area contributed by atoms with E-state index in [1.54, 1.807) is 31.2 Å². The van der Waals surface area contributed by atoms with Gasteiger partial charge in [-0.15, -0.1) is 0 Å². The Morgan fingerprint density at radius 1 is 1.32 bits per heavy atom. The van der Waals surface area contributed by atoms with Gasteiger partial charge in [0, 0.05) is 23.2 Å². The number of nitrogens with zero attached hydrogens (tertiary/aromatic N) is 1. The van der Waals surface area contributed by atoms with E-state index >= 15 is 0 Å². The summed E-state index contributed by atoms with van der Waals surface area (Å²) < 4.78 is 10.4. The van der Waals surface area contributed by atoms with Crippen LogP contribution in [-0.2, 0) is 19.1 Å². The molecule has 0 aliphatic heterocycles. The molecule has 2 rings (SSSR count). The average Bonchev–Trinajstić information content (AvgIpc) is 2.88. The minimum atomic E-state index is -0.741. The van der Waals surface area contributed by atoms with Gasteiger partial charge in [0.05, 0.1) is 18.7 Å². The molecule has 0 heterocycles. The monoisotopic (exact) mass is 392 g/mol. The van der Waals surface area contributed by atoms with Gasteiger partial charge in [0.2, 0.25) is 6.54 Å². The number of nitrogens with one attached hydrogen (secondary N) is 1. The van der Waals surface area contributed by atoms with Gasteiger partial charge < -0.3 is 14.8 Å². The highest BCUT2D eigenvalue weighted by Gasteiger charge is 2.44. The van der Waals surface area contributed by atoms with Crippen molar-refractivity contribution >= 4 is 23.3 Å². The Hall–Kier alpha value is -2.97. The molecule has 1 fully saturated rings. The van der Waals surface area contributed by atoms with Crippen LogP contribution in [0.1, 0.15) is 26.7 Å². The molecular weight excluding hydrogens is 368 g/mol. The molecule has 1 aromatic rings. The number of anilines is 1. The summed E-state index contributed by atoms with van der Waals surface area (Å²) in [6, 6.07) is 6.85. The van der Waals surface area contributed by atoms with Crippen molar-refractivity contribution in [3.8, 4) is 5.75 Å². The molecule has 1 aliphatic carbocycles. The fraction of sp³-hybridized carbons (Fsp3) is 0.526. The van der Waals surface area contributed by atoms with Gasteiger partial charge in [0.1, 0.15) is 11.5 Å². The number of Topliss-reactive ketones (excluding diaryl/α,β-unsaturated/α-hetero) is 1. The van der Waals surface area contributed by atoms with E-state index in [-0.39, 0.29) is 31.1 Å². The number of carbonyl (C=O) groups excluding carboxylic acids is 3. The van der Waals surface area contributed by atoms with Crippen LogP contribution in [0.2, 0.25) is 0 Å². The quantitative estimate of drug-likeness (QED) is 0.387. The van der Waals surface area contributed by atoms with Crippen molar-refractivity contribution < 1.29 is 28.8 Å². The van der Waals surface area contributed by atoms with Gasteiger partial charge in [-0.05, 0) is 25.0 Å². The van der Waals surface area contributed by atoms with Gasteiger partial charge in [0.15, 0.2) is 6.61 Å². The summed E-state index contributed by atoms with van der Waals surface area (Å²) in [5, 5.41) is 13.4. The zero-order valence-corrected chi connectivity index (χ0v) is 15.9. The summed E-state index contributed by atoms with van der Waals surface area (Å²) in [4.78, 5) is 46.5. The second kappa shape index (κ2) is 9.82. The van der Waals surface area contributed by atoms with E-state index in [2.05, 4.69) is 5.32 Å². The number of hydrogen-bond acceptors (Lipinski definition) is 7. The van der Waals surface area contributed by atoms with E-state index in [0.29, 0.717) is 18.0 Å². The smallest absolute Gasteiger partial charge is 0.307 e. The molecule has 0 radical (unpaired) electrons. The molecular formula is C19H24N2O7. The zero-order chi connectivity index (χ0) is 20.7.